The van der Waals surface area contributed by atoms with Crippen LogP contribution in [0.4, 0.5) is 4.39 Å². The van der Waals surface area contributed by atoms with Gasteiger partial charge in [0.1, 0.15) is 11.3 Å². The molecule has 2 heterocycles. The van der Waals surface area contributed by atoms with Gasteiger partial charge in [0, 0.05) is 32.2 Å². The summed E-state index contributed by atoms with van der Waals surface area (Å²) >= 11 is 0. The minimum Gasteiger partial charge on any atom is -0.373 e. The molecular formula is C25H29FN4O2. The molecule has 2 aromatic carbocycles. The minimum atomic E-state index is -0.503. The number of fused-ring (bicyclic) bond motifs is 1. The first kappa shape index (κ1) is 22.3. The molecule has 0 bridgehead atoms. The van der Waals surface area contributed by atoms with Crippen molar-refractivity contribution in [1.82, 2.24) is 20.2 Å². The van der Waals surface area contributed by atoms with E-state index in [1.807, 2.05) is 26.0 Å². The SMILES string of the molecule is Cc1nc2cc(F)cc(C(=O)NCc3ccc(CN4CC(C)OC(C)C4)cc3)c2nc1C. The second-order valence-electron chi connectivity index (χ2n) is 8.67. The molecule has 0 radical (unpaired) electrons. The van der Waals surface area contributed by atoms with Crippen LogP contribution in [0.5, 0.6) is 0 Å². The molecule has 0 aliphatic carbocycles. The number of hydrogen-bond acceptors (Lipinski definition) is 5. The van der Waals surface area contributed by atoms with Crippen molar-refractivity contribution in [2.45, 2.75) is 53.0 Å². The summed E-state index contributed by atoms with van der Waals surface area (Å²) in [6, 6.07) is 10.7. The van der Waals surface area contributed by atoms with Crippen LogP contribution in [0.3, 0.4) is 0 Å². The van der Waals surface area contributed by atoms with E-state index in [0.717, 1.165) is 36.6 Å². The minimum absolute atomic E-state index is 0.197. The highest BCUT2D eigenvalue weighted by molar-refractivity contribution is 6.04. The van der Waals surface area contributed by atoms with Crippen molar-refractivity contribution in [3.05, 3.63) is 70.3 Å². The predicted octanol–water partition coefficient (Wildman–Crippen LogP) is 3.92. The van der Waals surface area contributed by atoms with Gasteiger partial charge in [-0.3, -0.25) is 9.69 Å². The molecule has 2 atom stereocenters. The van der Waals surface area contributed by atoms with E-state index in [1.165, 1.54) is 17.7 Å². The molecule has 2 unspecified atom stereocenters. The number of ether oxygens (including phenoxy) is 1. The van der Waals surface area contributed by atoms with Gasteiger partial charge in [-0.2, -0.15) is 0 Å². The second kappa shape index (κ2) is 9.30. The lowest BCUT2D eigenvalue weighted by atomic mass is 10.1. The number of halogens is 1. The van der Waals surface area contributed by atoms with Crippen LogP contribution in [-0.2, 0) is 17.8 Å². The number of rotatable bonds is 5. The van der Waals surface area contributed by atoms with Crippen molar-refractivity contribution in [3.63, 3.8) is 0 Å². The van der Waals surface area contributed by atoms with Crippen molar-refractivity contribution >= 4 is 16.9 Å². The van der Waals surface area contributed by atoms with E-state index in [9.17, 15) is 9.18 Å². The molecule has 1 amide bonds. The molecule has 4 rings (SSSR count). The highest BCUT2D eigenvalue weighted by atomic mass is 19.1. The first-order chi connectivity index (χ1) is 15.3. The zero-order chi connectivity index (χ0) is 22.8. The topological polar surface area (TPSA) is 67.4 Å². The number of aryl methyl sites for hydroxylation is 2. The summed E-state index contributed by atoms with van der Waals surface area (Å²) in [5, 5.41) is 2.88. The van der Waals surface area contributed by atoms with Crippen LogP contribution in [0.1, 0.15) is 46.7 Å². The Kier molecular flexibility index (Phi) is 6.48. The molecule has 7 heteroatoms. The Bertz CT molecular complexity index is 1120. The lowest BCUT2D eigenvalue weighted by Crippen LogP contribution is -2.44. The molecule has 32 heavy (non-hydrogen) atoms. The standard InChI is InChI=1S/C25H29FN4O2/c1-15-12-30(13-16(2)32-15)14-20-7-5-19(6-8-20)11-27-25(31)22-9-21(26)10-23-24(22)29-18(4)17(3)28-23/h5-10,15-16H,11-14H2,1-4H3,(H,27,31). The van der Waals surface area contributed by atoms with Crippen LogP contribution in [0.15, 0.2) is 36.4 Å². The van der Waals surface area contributed by atoms with Gasteiger partial charge >= 0.3 is 0 Å². The molecule has 1 aliphatic rings. The third-order valence-electron chi connectivity index (χ3n) is 5.77. The van der Waals surface area contributed by atoms with E-state index in [1.54, 1.807) is 0 Å². The fraction of sp³-hybridized carbons (Fsp3) is 0.400. The van der Waals surface area contributed by atoms with Gasteiger partial charge in [-0.05, 0) is 44.9 Å². The smallest absolute Gasteiger partial charge is 0.253 e. The van der Waals surface area contributed by atoms with Crippen LogP contribution in [0, 0.1) is 19.7 Å². The molecule has 168 valence electrons. The monoisotopic (exact) mass is 436 g/mol. The van der Waals surface area contributed by atoms with E-state index in [0.29, 0.717) is 17.6 Å². The molecule has 0 spiro atoms. The van der Waals surface area contributed by atoms with Crippen molar-refractivity contribution in [1.29, 1.82) is 0 Å². The average molecular weight is 437 g/mol. The third kappa shape index (κ3) is 5.11. The van der Waals surface area contributed by atoms with Crippen LogP contribution in [0.2, 0.25) is 0 Å². The molecule has 6 nitrogen and oxygen atoms in total. The maximum atomic E-state index is 14.1. The van der Waals surface area contributed by atoms with Crippen molar-refractivity contribution in [3.8, 4) is 0 Å². The van der Waals surface area contributed by atoms with Gasteiger partial charge in [-0.15, -0.1) is 0 Å². The number of nitrogens with zero attached hydrogens (tertiary/aromatic N) is 3. The largest absolute Gasteiger partial charge is 0.373 e. The number of carbonyl (C=O) groups excluding carboxylic acids is 1. The number of morpholine rings is 1. The van der Waals surface area contributed by atoms with Crippen molar-refractivity contribution in [2.75, 3.05) is 13.1 Å². The van der Waals surface area contributed by atoms with Gasteiger partial charge in [0.05, 0.1) is 34.7 Å². The Labute approximate surface area is 187 Å². The number of amides is 1. The molecule has 3 aromatic rings. The van der Waals surface area contributed by atoms with E-state index in [2.05, 4.69) is 46.2 Å². The van der Waals surface area contributed by atoms with E-state index in [4.69, 9.17) is 4.74 Å². The normalized spacial score (nSPS) is 19.3. The fourth-order valence-electron chi connectivity index (χ4n) is 4.18. The van der Waals surface area contributed by atoms with Crippen molar-refractivity contribution < 1.29 is 13.9 Å². The lowest BCUT2D eigenvalue weighted by molar-refractivity contribution is -0.0704. The van der Waals surface area contributed by atoms with Gasteiger partial charge in [0.15, 0.2) is 0 Å². The molecule has 0 saturated carbocycles. The Morgan fingerprint density at radius 3 is 2.38 bits per heavy atom. The van der Waals surface area contributed by atoms with Gasteiger partial charge < -0.3 is 10.1 Å². The molecule has 1 aromatic heterocycles. The number of aromatic nitrogens is 2. The predicted molar refractivity (Wildman–Crippen MR) is 122 cm³/mol. The summed E-state index contributed by atoms with van der Waals surface area (Å²) in [4.78, 5) is 24.0. The number of benzene rings is 2. The summed E-state index contributed by atoms with van der Waals surface area (Å²) in [5.74, 6) is -0.872. The first-order valence-corrected chi connectivity index (χ1v) is 11.0. The Hall–Kier alpha value is -2.90. The summed E-state index contributed by atoms with van der Waals surface area (Å²) in [6.45, 7) is 10.9. The van der Waals surface area contributed by atoms with Crippen LogP contribution < -0.4 is 5.32 Å². The van der Waals surface area contributed by atoms with E-state index in [-0.39, 0.29) is 23.7 Å². The maximum absolute atomic E-state index is 14.1. The first-order valence-electron chi connectivity index (χ1n) is 11.0. The molecule has 1 fully saturated rings. The average Bonchev–Trinajstić information content (AvgIpc) is 2.73. The van der Waals surface area contributed by atoms with Gasteiger partial charge in [0.2, 0.25) is 0 Å². The summed E-state index contributed by atoms with van der Waals surface area (Å²) < 4.78 is 19.9. The quantitative estimate of drug-likeness (QED) is 0.657. The number of nitrogens with one attached hydrogen (secondary N) is 1. The Morgan fingerprint density at radius 1 is 1.06 bits per heavy atom. The van der Waals surface area contributed by atoms with Crippen LogP contribution in [-0.4, -0.2) is 46.1 Å². The number of carbonyl (C=O) groups is 1. The van der Waals surface area contributed by atoms with Crippen molar-refractivity contribution in [2.24, 2.45) is 0 Å². The van der Waals surface area contributed by atoms with Crippen LogP contribution in [0.25, 0.3) is 11.0 Å². The van der Waals surface area contributed by atoms with Gasteiger partial charge in [0.25, 0.3) is 5.91 Å². The second-order valence-corrected chi connectivity index (χ2v) is 8.67. The van der Waals surface area contributed by atoms with Crippen LogP contribution >= 0.6 is 0 Å². The van der Waals surface area contributed by atoms with E-state index >= 15 is 0 Å². The third-order valence-corrected chi connectivity index (χ3v) is 5.77. The molecule has 1 aliphatic heterocycles. The Balaban J connectivity index is 1.42. The lowest BCUT2D eigenvalue weighted by Gasteiger charge is -2.35. The van der Waals surface area contributed by atoms with E-state index < -0.39 is 5.82 Å². The summed E-state index contributed by atoms with van der Waals surface area (Å²) in [7, 11) is 0. The zero-order valence-corrected chi connectivity index (χ0v) is 19.0. The molecule has 1 N–H and O–H groups in total. The maximum Gasteiger partial charge on any atom is 0.253 e. The number of hydrogen-bond donors (Lipinski definition) is 1. The van der Waals surface area contributed by atoms with Gasteiger partial charge in [-0.25, -0.2) is 14.4 Å². The fourth-order valence-corrected chi connectivity index (χ4v) is 4.18. The zero-order valence-electron chi connectivity index (χ0n) is 19.0. The summed E-state index contributed by atoms with van der Waals surface area (Å²) in [6.07, 6.45) is 0.481. The van der Waals surface area contributed by atoms with Gasteiger partial charge in [-0.1, -0.05) is 24.3 Å². The highest BCUT2D eigenvalue weighted by Crippen LogP contribution is 2.20. The Morgan fingerprint density at radius 2 is 1.69 bits per heavy atom. The molecule has 1 saturated heterocycles. The molecular weight excluding hydrogens is 407 g/mol. The summed E-state index contributed by atoms with van der Waals surface area (Å²) in [5.41, 5.74) is 4.63. The highest BCUT2D eigenvalue weighted by Gasteiger charge is 2.22.